The van der Waals surface area contributed by atoms with Crippen LogP contribution in [-0.2, 0) is 0 Å². The van der Waals surface area contributed by atoms with Crippen LogP contribution in [-0.4, -0.2) is 20.8 Å². The minimum atomic E-state index is -0.608. The molecule has 5 heteroatoms. The summed E-state index contributed by atoms with van der Waals surface area (Å²) in [6, 6.07) is 4.88. The normalized spacial score (nSPS) is 10.5. The fourth-order valence-corrected chi connectivity index (χ4v) is 1.13. The first-order chi connectivity index (χ1) is 6.18. The highest BCUT2D eigenvalue weighted by atomic mass is 16.5. The van der Waals surface area contributed by atoms with Crippen LogP contribution >= 0.6 is 0 Å². The Morgan fingerprint density at radius 2 is 2.23 bits per heavy atom. The van der Waals surface area contributed by atoms with Crippen LogP contribution in [0.2, 0.25) is 0 Å². The van der Waals surface area contributed by atoms with Gasteiger partial charge in [-0.25, -0.2) is 4.98 Å². The average Bonchev–Trinajstić information content (AvgIpc) is 2.47. The first kappa shape index (κ1) is 7.60. The Morgan fingerprint density at radius 1 is 1.46 bits per heavy atom. The van der Waals surface area contributed by atoms with E-state index in [-0.39, 0.29) is 5.69 Å². The van der Waals surface area contributed by atoms with Crippen molar-refractivity contribution < 1.29 is 10.0 Å². The molecule has 0 aliphatic carbocycles. The van der Waals surface area contributed by atoms with Gasteiger partial charge in [0.2, 0.25) is 0 Å². The van der Waals surface area contributed by atoms with E-state index in [1.165, 1.54) is 12.3 Å². The molecule has 1 amide bonds. The van der Waals surface area contributed by atoms with Crippen LogP contribution in [0.4, 0.5) is 0 Å². The third-order valence-electron chi connectivity index (χ3n) is 1.77. The van der Waals surface area contributed by atoms with Gasteiger partial charge in [0.05, 0.1) is 0 Å². The summed E-state index contributed by atoms with van der Waals surface area (Å²) in [7, 11) is 0. The molecule has 0 aromatic carbocycles. The number of amides is 1. The lowest BCUT2D eigenvalue weighted by atomic mass is 10.3. The SMILES string of the molecule is NC(=O)c1ccc2ccn(O)c2n1. The first-order valence-electron chi connectivity index (χ1n) is 3.65. The molecular weight excluding hydrogens is 170 g/mol. The van der Waals surface area contributed by atoms with E-state index in [2.05, 4.69) is 4.98 Å². The van der Waals surface area contributed by atoms with Crippen molar-refractivity contribution in [3.05, 3.63) is 30.1 Å². The topological polar surface area (TPSA) is 81.1 Å². The number of aromatic nitrogens is 2. The molecule has 3 N–H and O–H groups in total. The fraction of sp³-hybridized carbons (Fsp3) is 0. The van der Waals surface area contributed by atoms with Gasteiger partial charge in [0.15, 0.2) is 5.65 Å². The maximum Gasteiger partial charge on any atom is 0.267 e. The lowest BCUT2D eigenvalue weighted by Crippen LogP contribution is -2.13. The molecule has 0 aliphatic heterocycles. The summed E-state index contributed by atoms with van der Waals surface area (Å²) in [5.74, 6) is -0.608. The summed E-state index contributed by atoms with van der Waals surface area (Å²) >= 11 is 0. The standard InChI is InChI=1S/C8H7N3O2/c9-7(12)6-2-1-5-3-4-11(13)8(5)10-6/h1-4,13H,(H2,9,12). The van der Waals surface area contributed by atoms with Gasteiger partial charge in [0.25, 0.3) is 5.91 Å². The molecule has 0 saturated heterocycles. The number of hydrogen-bond donors (Lipinski definition) is 2. The van der Waals surface area contributed by atoms with Crippen molar-refractivity contribution in [2.24, 2.45) is 5.73 Å². The number of hydrogen-bond acceptors (Lipinski definition) is 3. The lowest BCUT2D eigenvalue weighted by molar-refractivity contribution is 0.0995. The van der Waals surface area contributed by atoms with Gasteiger partial charge in [-0.3, -0.25) is 4.79 Å². The maximum atomic E-state index is 10.7. The van der Waals surface area contributed by atoms with E-state index >= 15 is 0 Å². The number of rotatable bonds is 1. The molecule has 0 fully saturated rings. The highest BCUT2D eigenvalue weighted by molar-refractivity contribution is 5.93. The number of nitrogens with two attached hydrogens (primary N) is 1. The molecule has 0 spiro atoms. The van der Waals surface area contributed by atoms with Crippen LogP contribution in [0.5, 0.6) is 0 Å². The van der Waals surface area contributed by atoms with E-state index < -0.39 is 5.91 Å². The van der Waals surface area contributed by atoms with E-state index in [9.17, 15) is 10.0 Å². The third-order valence-corrected chi connectivity index (χ3v) is 1.77. The van der Waals surface area contributed by atoms with Gasteiger partial charge >= 0.3 is 0 Å². The Morgan fingerprint density at radius 3 is 2.92 bits per heavy atom. The van der Waals surface area contributed by atoms with Crippen LogP contribution in [0.1, 0.15) is 10.5 Å². The molecule has 0 bridgehead atoms. The molecule has 2 aromatic rings. The molecule has 0 unspecified atom stereocenters. The minimum Gasteiger partial charge on any atom is -0.427 e. The van der Waals surface area contributed by atoms with E-state index in [4.69, 9.17) is 5.73 Å². The number of pyridine rings is 1. The van der Waals surface area contributed by atoms with Crippen molar-refractivity contribution in [2.45, 2.75) is 0 Å². The summed E-state index contributed by atoms with van der Waals surface area (Å²) in [4.78, 5) is 14.6. The van der Waals surface area contributed by atoms with E-state index in [0.29, 0.717) is 5.65 Å². The molecule has 2 heterocycles. The molecule has 0 atom stereocenters. The molecule has 13 heavy (non-hydrogen) atoms. The number of carbonyl (C=O) groups excluding carboxylic acids is 1. The van der Waals surface area contributed by atoms with Crippen molar-refractivity contribution in [1.82, 2.24) is 9.71 Å². The number of primary amides is 1. The zero-order valence-corrected chi connectivity index (χ0v) is 6.64. The third kappa shape index (κ3) is 1.10. The predicted molar refractivity (Wildman–Crippen MR) is 45.4 cm³/mol. The molecule has 2 aromatic heterocycles. The first-order valence-corrected chi connectivity index (χ1v) is 3.65. The maximum absolute atomic E-state index is 10.7. The van der Waals surface area contributed by atoms with Gasteiger partial charge in [-0.2, -0.15) is 4.73 Å². The largest absolute Gasteiger partial charge is 0.427 e. The molecule has 0 aliphatic rings. The summed E-state index contributed by atoms with van der Waals surface area (Å²) in [6.07, 6.45) is 1.45. The van der Waals surface area contributed by atoms with Crippen LogP contribution in [0.3, 0.4) is 0 Å². The van der Waals surface area contributed by atoms with Crippen LogP contribution in [0, 0.1) is 0 Å². The Balaban J connectivity index is 2.72. The van der Waals surface area contributed by atoms with Crippen LogP contribution in [0.15, 0.2) is 24.4 Å². The molecule has 0 radical (unpaired) electrons. The Bertz CT molecular complexity index is 475. The van der Waals surface area contributed by atoms with Crippen molar-refractivity contribution in [3.63, 3.8) is 0 Å². The Hall–Kier alpha value is -2.04. The highest BCUT2D eigenvalue weighted by Gasteiger charge is 2.05. The second-order valence-corrected chi connectivity index (χ2v) is 2.63. The number of carbonyl (C=O) groups is 1. The Labute approximate surface area is 73.4 Å². The van der Waals surface area contributed by atoms with Crippen molar-refractivity contribution in [2.75, 3.05) is 0 Å². The van der Waals surface area contributed by atoms with Gasteiger partial charge in [0, 0.05) is 11.6 Å². The summed E-state index contributed by atoms with van der Waals surface area (Å²) in [6.45, 7) is 0. The molecular formula is C8H7N3O2. The summed E-state index contributed by atoms with van der Waals surface area (Å²) in [5.41, 5.74) is 5.50. The van der Waals surface area contributed by atoms with Gasteiger partial charge in [0.1, 0.15) is 5.69 Å². The van der Waals surface area contributed by atoms with Gasteiger partial charge in [-0.1, -0.05) is 0 Å². The van der Waals surface area contributed by atoms with Crippen molar-refractivity contribution in [1.29, 1.82) is 0 Å². The summed E-state index contributed by atoms with van der Waals surface area (Å²) < 4.78 is 0.849. The monoisotopic (exact) mass is 177 g/mol. The second-order valence-electron chi connectivity index (χ2n) is 2.63. The lowest BCUT2D eigenvalue weighted by Gasteiger charge is -1.96. The highest BCUT2D eigenvalue weighted by Crippen LogP contribution is 2.11. The Kier molecular flexibility index (Phi) is 1.45. The zero-order valence-electron chi connectivity index (χ0n) is 6.64. The van der Waals surface area contributed by atoms with Crippen LogP contribution in [0.25, 0.3) is 11.0 Å². The number of nitrogens with zero attached hydrogens (tertiary/aromatic N) is 2. The van der Waals surface area contributed by atoms with E-state index in [1.54, 1.807) is 12.1 Å². The molecule has 5 nitrogen and oxygen atoms in total. The second kappa shape index (κ2) is 2.48. The number of fused-ring (bicyclic) bond motifs is 1. The van der Waals surface area contributed by atoms with Gasteiger partial charge in [-0.15, -0.1) is 0 Å². The van der Waals surface area contributed by atoms with E-state index in [0.717, 1.165) is 10.1 Å². The molecule has 2 rings (SSSR count). The van der Waals surface area contributed by atoms with Crippen LogP contribution < -0.4 is 5.73 Å². The minimum absolute atomic E-state index is 0.140. The smallest absolute Gasteiger partial charge is 0.267 e. The molecule has 0 saturated carbocycles. The summed E-state index contributed by atoms with van der Waals surface area (Å²) in [5, 5.41) is 9.98. The van der Waals surface area contributed by atoms with Gasteiger partial charge in [-0.05, 0) is 18.2 Å². The fourth-order valence-electron chi connectivity index (χ4n) is 1.13. The zero-order chi connectivity index (χ0) is 9.42. The van der Waals surface area contributed by atoms with Gasteiger partial charge < -0.3 is 10.9 Å². The average molecular weight is 177 g/mol. The predicted octanol–water partition coefficient (Wildman–Crippen LogP) is 0.372. The quantitative estimate of drug-likeness (QED) is 0.617. The van der Waals surface area contributed by atoms with Crippen molar-refractivity contribution in [3.8, 4) is 0 Å². The van der Waals surface area contributed by atoms with E-state index in [1.807, 2.05) is 0 Å². The molecule has 66 valence electrons. The van der Waals surface area contributed by atoms with Crippen molar-refractivity contribution >= 4 is 16.9 Å².